The lowest BCUT2D eigenvalue weighted by Crippen LogP contribution is -2.63. The third-order valence-electron chi connectivity index (χ3n) is 4.84. The largest absolute Gasteiger partial charge is 0.378 e. The summed E-state index contributed by atoms with van der Waals surface area (Å²) >= 11 is 0. The van der Waals surface area contributed by atoms with Crippen LogP contribution in [0.5, 0.6) is 0 Å². The normalized spacial score (nSPS) is 36.5. The molecule has 18 heavy (non-hydrogen) atoms. The third-order valence-corrected chi connectivity index (χ3v) is 4.84. The van der Waals surface area contributed by atoms with Crippen molar-refractivity contribution in [3.8, 4) is 0 Å². The Morgan fingerprint density at radius 3 is 2.56 bits per heavy atom. The highest BCUT2D eigenvalue weighted by Crippen LogP contribution is 2.39. The predicted molar refractivity (Wildman–Crippen MR) is 75.9 cm³/mol. The van der Waals surface area contributed by atoms with Gasteiger partial charge in [0.25, 0.3) is 0 Å². The van der Waals surface area contributed by atoms with Crippen LogP contribution in [-0.2, 0) is 4.74 Å². The van der Waals surface area contributed by atoms with Crippen LogP contribution in [0.1, 0.15) is 47.0 Å². The molecule has 106 valence electrons. The van der Waals surface area contributed by atoms with Crippen LogP contribution in [0, 0.1) is 5.41 Å². The molecule has 0 aromatic heterocycles. The van der Waals surface area contributed by atoms with Crippen LogP contribution in [0.3, 0.4) is 0 Å². The van der Waals surface area contributed by atoms with Gasteiger partial charge in [0.15, 0.2) is 0 Å². The van der Waals surface area contributed by atoms with Gasteiger partial charge in [0.1, 0.15) is 0 Å². The zero-order valence-corrected chi connectivity index (χ0v) is 12.8. The van der Waals surface area contributed by atoms with E-state index in [2.05, 4.69) is 45.0 Å². The molecule has 3 nitrogen and oxygen atoms in total. The predicted octanol–water partition coefficient (Wildman–Crippen LogP) is 2.26. The summed E-state index contributed by atoms with van der Waals surface area (Å²) in [6, 6.07) is 1.29. The monoisotopic (exact) mass is 254 g/mol. The van der Waals surface area contributed by atoms with Gasteiger partial charge in [0, 0.05) is 24.2 Å². The molecule has 1 saturated carbocycles. The molecule has 0 bridgehead atoms. The lowest BCUT2D eigenvalue weighted by atomic mass is 9.71. The van der Waals surface area contributed by atoms with Crippen molar-refractivity contribution in [1.29, 1.82) is 0 Å². The third kappa shape index (κ3) is 2.89. The fourth-order valence-electron chi connectivity index (χ4n) is 3.70. The maximum Gasteiger partial charge on any atom is 0.0645 e. The van der Waals surface area contributed by atoms with E-state index in [4.69, 9.17) is 4.74 Å². The number of likely N-dealkylation sites (N-methyl/N-ethyl adjacent to an activating group) is 1. The van der Waals surface area contributed by atoms with Gasteiger partial charge in [-0.25, -0.2) is 0 Å². The van der Waals surface area contributed by atoms with Crippen molar-refractivity contribution in [2.24, 2.45) is 5.41 Å². The van der Waals surface area contributed by atoms with Gasteiger partial charge < -0.3 is 10.1 Å². The summed E-state index contributed by atoms with van der Waals surface area (Å²) in [5, 5.41) is 3.54. The van der Waals surface area contributed by atoms with E-state index < -0.39 is 0 Å². The Balaban J connectivity index is 2.16. The first-order valence-electron chi connectivity index (χ1n) is 7.37. The van der Waals surface area contributed by atoms with E-state index in [1.165, 1.54) is 19.3 Å². The van der Waals surface area contributed by atoms with Crippen LogP contribution in [0.25, 0.3) is 0 Å². The van der Waals surface area contributed by atoms with Gasteiger partial charge in [-0.05, 0) is 45.6 Å². The fraction of sp³-hybridized carbons (Fsp3) is 1.00. The zero-order chi connectivity index (χ0) is 13.4. The van der Waals surface area contributed by atoms with Gasteiger partial charge in [-0.3, -0.25) is 4.90 Å². The highest BCUT2D eigenvalue weighted by Gasteiger charge is 2.43. The van der Waals surface area contributed by atoms with Crippen LogP contribution in [0.15, 0.2) is 0 Å². The number of hydrogen-bond donors (Lipinski definition) is 1. The Hall–Kier alpha value is -0.120. The molecule has 0 aromatic carbocycles. The van der Waals surface area contributed by atoms with Crippen LogP contribution < -0.4 is 5.32 Å². The number of nitrogens with zero attached hydrogens (tertiary/aromatic N) is 1. The van der Waals surface area contributed by atoms with Gasteiger partial charge >= 0.3 is 0 Å². The molecular formula is C15H30N2O. The maximum absolute atomic E-state index is 5.66. The summed E-state index contributed by atoms with van der Waals surface area (Å²) in [5.74, 6) is 0. The quantitative estimate of drug-likeness (QED) is 0.818. The van der Waals surface area contributed by atoms with Crippen LogP contribution >= 0.6 is 0 Å². The van der Waals surface area contributed by atoms with Crippen molar-refractivity contribution in [3.63, 3.8) is 0 Å². The van der Waals surface area contributed by atoms with Gasteiger partial charge in [-0.15, -0.1) is 0 Å². The molecule has 2 fully saturated rings. The molecule has 2 atom stereocenters. The number of morpholine rings is 1. The molecule has 0 spiro atoms. The Morgan fingerprint density at radius 2 is 1.94 bits per heavy atom. The SMILES string of the molecule is CNC1CCC(C)(C)CC1N1CCOCC1(C)C. The first-order chi connectivity index (χ1) is 8.36. The molecule has 1 heterocycles. The Morgan fingerprint density at radius 1 is 1.22 bits per heavy atom. The van der Waals surface area contributed by atoms with Crippen molar-refractivity contribution in [1.82, 2.24) is 10.2 Å². The van der Waals surface area contributed by atoms with E-state index in [9.17, 15) is 0 Å². The molecule has 2 rings (SSSR count). The smallest absolute Gasteiger partial charge is 0.0645 e. The second kappa shape index (κ2) is 5.10. The summed E-state index contributed by atoms with van der Waals surface area (Å²) in [6.45, 7) is 12.3. The maximum atomic E-state index is 5.66. The molecule has 2 aliphatic rings. The van der Waals surface area contributed by atoms with E-state index in [1.54, 1.807) is 0 Å². The van der Waals surface area contributed by atoms with Crippen molar-refractivity contribution in [3.05, 3.63) is 0 Å². The number of rotatable bonds is 2. The lowest BCUT2D eigenvalue weighted by Gasteiger charge is -2.53. The Labute approximate surface area is 112 Å². The molecule has 1 aliphatic heterocycles. The van der Waals surface area contributed by atoms with Gasteiger partial charge in [0.05, 0.1) is 13.2 Å². The van der Waals surface area contributed by atoms with Gasteiger partial charge in [-0.2, -0.15) is 0 Å². The number of ether oxygens (including phenoxy) is 1. The first-order valence-corrected chi connectivity index (χ1v) is 7.37. The minimum atomic E-state index is 0.172. The molecule has 1 saturated heterocycles. The minimum absolute atomic E-state index is 0.172. The molecule has 0 radical (unpaired) electrons. The molecule has 0 aromatic rings. The van der Waals surface area contributed by atoms with Crippen molar-refractivity contribution < 1.29 is 4.74 Å². The molecule has 0 amide bonds. The van der Waals surface area contributed by atoms with E-state index in [-0.39, 0.29) is 5.54 Å². The van der Waals surface area contributed by atoms with E-state index >= 15 is 0 Å². The second-order valence-corrected chi connectivity index (χ2v) is 7.43. The van der Waals surface area contributed by atoms with Crippen LogP contribution in [0.2, 0.25) is 0 Å². The first kappa shape index (κ1) is 14.3. The standard InChI is InChI=1S/C15H30N2O/c1-14(2)7-6-12(16-5)13(10-14)17-8-9-18-11-15(17,3)4/h12-13,16H,6-11H2,1-5H3. The summed E-state index contributed by atoms with van der Waals surface area (Å²) < 4.78 is 5.66. The number of nitrogens with one attached hydrogen (secondary N) is 1. The minimum Gasteiger partial charge on any atom is -0.378 e. The zero-order valence-electron chi connectivity index (χ0n) is 12.8. The molecule has 1 aliphatic carbocycles. The summed E-state index contributed by atoms with van der Waals surface area (Å²) in [6.07, 6.45) is 3.92. The molecular weight excluding hydrogens is 224 g/mol. The lowest BCUT2D eigenvalue weighted by molar-refractivity contribution is -0.0931. The van der Waals surface area contributed by atoms with E-state index in [0.717, 1.165) is 19.8 Å². The summed E-state index contributed by atoms with van der Waals surface area (Å²) in [4.78, 5) is 2.69. The molecule has 3 heteroatoms. The Bertz CT molecular complexity index is 288. The summed E-state index contributed by atoms with van der Waals surface area (Å²) in [5.41, 5.74) is 0.651. The highest BCUT2D eigenvalue weighted by atomic mass is 16.5. The fourth-order valence-corrected chi connectivity index (χ4v) is 3.70. The van der Waals surface area contributed by atoms with Gasteiger partial charge in [0.2, 0.25) is 0 Å². The van der Waals surface area contributed by atoms with E-state index in [1.807, 2.05) is 0 Å². The van der Waals surface area contributed by atoms with Crippen molar-refractivity contribution in [2.75, 3.05) is 26.8 Å². The van der Waals surface area contributed by atoms with Gasteiger partial charge in [-0.1, -0.05) is 13.8 Å². The summed E-state index contributed by atoms with van der Waals surface area (Å²) in [7, 11) is 2.11. The molecule has 1 N–H and O–H groups in total. The van der Waals surface area contributed by atoms with Crippen LogP contribution in [-0.4, -0.2) is 49.3 Å². The topological polar surface area (TPSA) is 24.5 Å². The highest BCUT2D eigenvalue weighted by molar-refractivity contribution is 4.99. The number of hydrogen-bond acceptors (Lipinski definition) is 3. The van der Waals surface area contributed by atoms with Crippen molar-refractivity contribution in [2.45, 2.75) is 64.6 Å². The Kier molecular flexibility index (Phi) is 4.05. The van der Waals surface area contributed by atoms with Crippen LogP contribution in [0.4, 0.5) is 0 Å². The average Bonchev–Trinajstić information content (AvgIpc) is 2.27. The molecule has 2 unspecified atom stereocenters. The second-order valence-electron chi connectivity index (χ2n) is 7.43. The average molecular weight is 254 g/mol. The van der Waals surface area contributed by atoms with Crippen molar-refractivity contribution >= 4 is 0 Å². The van der Waals surface area contributed by atoms with E-state index in [0.29, 0.717) is 17.5 Å².